The number of unbranched alkanes of at least 4 members (excludes halogenated alkanes) is 5. The second-order valence-electron chi connectivity index (χ2n) is 4.92. The van der Waals surface area contributed by atoms with Gasteiger partial charge >= 0.3 is 89.0 Å². The van der Waals surface area contributed by atoms with E-state index in [-0.39, 0.29) is 11.1 Å². The maximum Gasteiger partial charge on any atom is 0.336 e. The van der Waals surface area contributed by atoms with Crippen LogP contribution in [-0.4, -0.2) is 50.1 Å². The monoisotopic (exact) mass is 302 g/mol. The molecule has 0 aliphatic heterocycles. The molecule has 0 aromatic heterocycles. The Hall–Kier alpha value is -0.840. The molecule has 0 amide bonds. The molecule has 0 fully saturated rings. The van der Waals surface area contributed by atoms with E-state index in [1.807, 2.05) is 0 Å². The third-order valence-electron chi connectivity index (χ3n) is 3.09. The summed E-state index contributed by atoms with van der Waals surface area (Å²) in [5.41, 5.74) is -0.380. The molecule has 0 heterocycles. The fourth-order valence-electron chi connectivity index (χ4n) is 1.89. The first kappa shape index (κ1) is 20.2. The van der Waals surface area contributed by atoms with Crippen molar-refractivity contribution in [2.24, 2.45) is 0 Å². The maximum atomic E-state index is 10.5. The minimum atomic E-state index is -1.23. The zero-order valence-electron chi connectivity index (χ0n) is 13.0. The molecule has 0 saturated heterocycles. The second kappa shape index (κ2) is 12.9. The summed E-state index contributed by atoms with van der Waals surface area (Å²) in [6.07, 6.45) is 8.76. The van der Waals surface area contributed by atoms with Gasteiger partial charge < -0.3 is 10.2 Å². The molecule has 0 spiro atoms. The van der Waals surface area contributed by atoms with Crippen molar-refractivity contribution in [3.05, 3.63) is 35.4 Å². The van der Waals surface area contributed by atoms with Crippen LogP contribution in [0.4, 0.5) is 0 Å². The molecule has 0 radical (unpaired) electrons. The maximum absolute atomic E-state index is 10.5. The van der Waals surface area contributed by atoms with E-state index in [1.165, 1.54) is 94.4 Å². The van der Waals surface area contributed by atoms with E-state index in [9.17, 15) is 9.59 Å². The van der Waals surface area contributed by atoms with Crippen LogP contribution >= 0.6 is 0 Å². The fraction of sp³-hybridized carbons (Fsp3) is 0.500. The largest absolute Gasteiger partial charge is 0.478 e. The first-order chi connectivity index (χ1) is 10.0. The average molecular weight is 302 g/mol. The van der Waals surface area contributed by atoms with Gasteiger partial charge in [0.15, 0.2) is 0 Å². The Morgan fingerprint density at radius 1 is 0.905 bits per heavy atom. The van der Waals surface area contributed by atoms with E-state index in [0.717, 1.165) is 0 Å². The van der Waals surface area contributed by atoms with Crippen molar-refractivity contribution in [1.82, 2.24) is 0 Å². The Balaban J connectivity index is 0.000000400. The number of benzene rings is 1. The SMILES string of the molecule is CCCCCCC[CH2][Na].O=C(O)c1ccccc1C(=O)O. The van der Waals surface area contributed by atoms with Crippen molar-refractivity contribution < 1.29 is 19.8 Å². The molecule has 1 aromatic rings. The molecule has 0 atom stereocenters. The molecule has 1 rings (SSSR count). The number of rotatable bonds is 8. The summed E-state index contributed by atoms with van der Waals surface area (Å²) >= 11 is 1.41. The first-order valence-electron chi connectivity index (χ1n) is 7.60. The minimum absolute atomic E-state index is 0.190. The standard InChI is InChI=1S/C8H6O4.C8H17.Na/c9-7(10)5-3-1-2-4-6(5)8(11)12;1-3-5-7-8-6-4-2;/h1-4H,(H,9,10)(H,11,12);1,3-8H2,2H3;. The van der Waals surface area contributed by atoms with E-state index in [4.69, 9.17) is 10.2 Å². The Bertz CT molecular complexity index is 393. The van der Waals surface area contributed by atoms with Crippen molar-refractivity contribution in [3.63, 3.8) is 0 Å². The second-order valence-corrected chi connectivity index (χ2v) is 5.92. The van der Waals surface area contributed by atoms with Crippen LogP contribution in [0.2, 0.25) is 3.67 Å². The van der Waals surface area contributed by atoms with Crippen LogP contribution < -0.4 is 0 Å². The number of aromatic carboxylic acids is 2. The average Bonchev–Trinajstić information content (AvgIpc) is 2.48. The van der Waals surface area contributed by atoms with Gasteiger partial charge in [-0.05, 0) is 12.1 Å². The van der Waals surface area contributed by atoms with Crippen molar-refractivity contribution in [2.75, 3.05) is 0 Å². The van der Waals surface area contributed by atoms with Crippen molar-refractivity contribution in [2.45, 2.75) is 49.1 Å². The van der Waals surface area contributed by atoms with Gasteiger partial charge in [-0.1, -0.05) is 12.1 Å². The molecule has 5 heteroatoms. The van der Waals surface area contributed by atoms with Gasteiger partial charge in [-0.3, -0.25) is 0 Å². The quantitative estimate of drug-likeness (QED) is 0.562. The fourth-order valence-corrected chi connectivity index (χ4v) is 2.39. The molecule has 0 saturated carbocycles. The number of carbonyl (C=O) groups is 2. The van der Waals surface area contributed by atoms with Crippen LogP contribution in [0, 0.1) is 0 Å². The van der Waals surface area contributed by atoms with Crippen LogP contribution in [0.3, 0.4) is 0 Å². The van der Waals surface area contributed by atoms with Gasteiger partial charge in [-0.2, -0.15) is 0 Å². The summed E-state index contributed by atoms with van der Waals surface area (Å²) in [6, 6.07) is 5.48. The Labute approximate surface area is 144 Å². The van der Waals surface area contributed by atoms with E-state index in [2.05, 4.69) is 6.92 Å². The van der Waals surface area contributed by atoms with Gasteiger partial charge in [0.1, 0.15) is 0 Å². The van der Waals surface area contributed by atoms with E-state index < -0.39 is 11.9 Å². The van der Waals surface area contributed by atoms with E-state index in [1.54, 1.807) is 0 Å². The summed E-state index contributed by atoms with van der Waals surface area (Å²) in [5.74, 6) is -2.46. The normalized spacial score (nSPS) is 9.67. The predicted molar refractivity (Wildman–Crippen MR) is 84.3 cm³/mol. The molecular weight excluding hydrogens is 279 g/mol. The molecule has 21 heavy (non-hydrogen) atoms. The van der Waals surface area contributed by atoms with Crippen LogP contribution in [0.5, 0.6) is 0 Å². The zero-order chi connectivity index (χ0) is 16.1. The third kappa shape index (κ3) is 9.67. The molecule has 112 valence electrons. The Kier molecular flexibility index (Phi) is 12.4. The van der Waals surface area contributed by atoms with Crippen LogP contribution in [-0.2, 0) is 0 Å². The summed E-state index contributed by atoms with van der Waals surface area (Å²) in [4.78, 5) is 20.9. The molecule has 0 bridgehead atoms. The number of hydrogen-bond donors (Lipinski definition) is 2. The van der Waals surface area contributed by atoms with E-state index >= 15 is 0 Å². The van der Waals surface area contributed by atoms with Crippen molar-refractivity contribution in [3.8, 4) is 0 Å². The molecule has 4 nitrogen and oxygen atoms in total. The summed E-state index contributed by atoms with van der Waals surface area (Å²) in [5, 5.41) is 17.1. The van der Waals surface area contributed by atoms with Gasteiger partial charge in [0, 0.05) is 0 Å². The number of hydrogen-bond acceptors (Lipinski definition) is 2. The Morgan fingerprint density at radius 3 is 1.71 bits per heavy atom. The van der Waals surface area contributed by atoms with Gasteiger partial charge in [-0.15, -0.1) is 0 Å². The smallest absolute Gasteiger partial charge is 0.336 e. The molecule has 0 aliphatic carbocycles. The molecule has 2 N–H and O–H groups in total. The zero-order valence-corrected chi connectivity index (χ0v) is 15.0. The van der Waals surface area contributed by atoms with Gasteiger partial charge in [0.05, 0.1) is 11.1 Å². The first-order valence-corrected chi connectivity index (χ1v) is 9.01. The van der Waals surface area contributed by atoms with E-state index in [0.29, 0.717) is 0 Å². The number of carboxylic acids is 2. The third-order valence-corrected chi connectivity index (χ3v) is 3.80. The van der Waals surface area contributed by atoms with Gasteiger partial charge in [0.2, 0.25) is 0 Å². The molecule has 0 unspecified atom stereocenters. The van der Waals surface area contributed by atoms with Crippen LogP contribution in [0.15, 0.2) is 24.3 Å². The summed E-state index contributed by atoms with van der Waals surface area (Å²) in [7, 11) is 0. The molecule has 1 aromatic carbocycles. The predicted octanol–water partition coefficient (Wildman–Crippen LogP) is 4.02. The summed E-state index contributed by atoms with van der Waals surface area (Å²) < 4.78 is 1.51. The molecular formula is C16H23NaO4. The van der Waals surface area contributed by atoms with Crippen LogP contribution in [0.1, 0.15) is 66.2 Å². The Morgan fingerprint density at radius 2 is 1.33 bits per heavy atom. The summed E-state index contributed by atoms with van der Waals surface area (Å²) in [6.45, 7) is 2.27. The van der Waals surface area contributed by atoms with Crippen LogP contribution in [0.25, 0.3) is 0 Å². The topological polar surface area (TPSA) is 74.6 Å². The van der Waals surface area contributed by atoms with Crippen molar-refractivity contribution >= 4 is 39.9 Å². The number of carboxylic acid groups (broad SMARTS) is 2. The minimum Gasteiger partial charge on any atom is -0.478 e. The van der Waals surface area contributed by atoms with Crippen molar-refractivity contribution in [1.29, 1.82) is 0 Å². The van der Waals surface area contributed by atoms with Gasteiger partial charge in [-0.25, -0.2) is 9.59 Å². The molecule has 0 aliphatic rings. The van der Waals surface area contributed by atoms with Gasteiger partial charge in [0.25, 0.3) is 0 Å².